The largest absolute Gasteiger partial charge is 0.353 e. The molecule has 0 aromatic carbocycles. The number of rotatable bonds is 1. The molecule has 2 atom stereocenters. The summed E-state index contributed by atoms with van der Waals surface area (Å²) < 4.78 is 14.0. The predicted octanol–water partition coefficient (Wildman–Crippen LogP) is -0.719. The average molecular weight is 187 g/mol. The van der Waals surface area contributed by atoms with Crippen LogP contribution in [0.2, 0.25) is 0 Å². The molecular weight excluding hydrogens is 173 g/mol. The molecule has 4 nitrogen and oxygen atoms in total. The van der Waals surface area contributed by atoms with E-state index in [2.05, 4.69) is 10.7 Å². The van der Waals surface area contributed by atoms with Gasteiger partial charge < -0.3 is 5.32 Å². The Morgan fingerprint density at radius 1 is 1.77 bits per heavy atom. The number of carbonyl (C=O) groups is 1. The molecule has 0 aliphatic carbocycles. The van der Waals surface area contributed by atoms with Gasteiger partial charge in [0.15, 0.2) is 5.67 Å². The van der Waals surface area contributed by atoms with Crippen molar-refractivity contribution < 1.29 is 9.18 Å². The summed E-state index contributed by atoms with van der Waals surface area (Å²) in [6, 6.07) is 0. The summed E-state index contributed by atoms with van der Waals surface area (Å²) >= 11 is 0. The second-order valence-electron chi connectivity index (χ2n) is 3.69. The molecule has 0 bridgehead atoms. The first-order chi connectivity index (χ1) is 6.16. The summed E-state index contributed by atoms with van der Waals surface area (Å²) in [5.41, 5.74) is 1.37. The van der Waals surface area contributed by atoms with Crippen LogP contribution < -0.4 is 10.7 Å². The summed E-state index contributed by atoms with van der Waals surface area (Å²) in [6.07, 6.45) is 0.296. The first-order valence-corrected chi connectivity index (χ1v) is 4.56. The highest BCUT2D eigenvalue weighted by molar-refractivity contribution is 5.88. The van der Waals surface area contributed by atoms with Gasteiger partial charge in [0.1, 0.15) is 0 Å². The number of fused-ring (bicyclic) bond motifs is 1. The standard InChI is InChI=1S/C8H14FN3O/c1-10-12-3-2-8(9)6(5-12)4-11-7(8)13/h6,10H,2-5H2,1H3,(H,11,13)/t6-,8-/m0/s1. The van der Waals surface area contributed by atoms with Crippen molar-refractivity contribution in [1.29, 1.82) is 0 Å². The van der Waals surface area contributed by atoms with E-state index in [9.17, 15) is 9.18 Å². The van der Waals surface area contributed by atoms with Crippen LogP contribution in [0.3, 0.4) is 0 Å². The number of halogens is 1. The van der Waals surface area contributed by atoms with Crippen LogP contribution >= 0.6 is 0 Å². The maximum atomic E-state index is 14.0. The molecule has 2 aliphatic rings. The van der Waals surface area contributed by atoms with E-state index in [0.717, 1.165) is 0 Å². The van der Waals surface area contributed by atoms with Crippen LogP contribution in [0.5, 0.6) is 0 Å². The van der Waals surface area contributed by atoms with Crippen LogP contribution in [0, 0.1) is 5.92 Å². The molecule has 74 valence electrons. The van der Waals surface area contributed by atoms with Gasteiger partial charge in [-0.3, -0.25) is 10.2 Å². The lowest BCUT2D eigenvalue weighted by molar-refractivity contribution is -0.134. The SMILES string of the molecule is CNN1CC[C@@]2(F)C(=O)NC[C@H]2C1. The Morgan fingerprint density at radius 3 is 3.23 bits per heavy atom. The third kappa shape index (κ3) is 1.23. The first-order valence-electron chi connectivity index (χ1n) is 4.56. The van der Waals surface area contributed by atoms with E-state index >= 15 is 0 Å². The van der Waals surface area contributed by atoms with Gasteiger partial charge in [0.05, 0.1) is 0 Å². The van der Waals surface area contributed by atoms with E-state index in [-0.39, 0.29) is 5.92 Å². The number of alkyl halides is 1. The van der Waals surface area contributed by atoms with E-state index in [1.807, 2.05) is 12.1 Å². The molecule has 13 heavy (non-hydrogen) atoms. The third-order valence-corrected chi connectivity index (χ3v) is 3.04. The summed E-state index contributed by atoms with van der Waals surface area (Å²) in [5.74, 6) is -0.616. The number of hydrazine groups is 1. The molecule has 1 amide bonds. The molecule has 0 radical (unpaired) electrons. The minimum absolute atomic E-state index is 0.193. The molecule has 2 N–H and O–H groups in total. The van der Waals surface area contributed by atoms with Crippen molar-refractivity contribution in [3.8, 4) is 0 Å². The van der Waals surface area contributed by atoms with Crippen LogP contribution in [0.1, 0.15) is 6.42 Å². The molecule has 0 aromatic heterocycles. The van der Waals surface area contributed by atoms with E-state index in [1.54, 1.807) is 0 Å². The van der Waals surface area contributed by atoms with E-state index in [0.29, 0.717) is 26.1 Å². The first kappa shape index (κ1) is 8.90. The molecule has 5 heteroatoms. The molecule has 2 rings (SSSR count). The summed E-state index contributed by atoms with van der Waals surface area (Å²) in [5, 5.41) is 4.53. The van der Waals surface area contributed by atoms with Gasteiger partial charge in [-0.15, -0.1) is 0 Å². The lowest BCUT2D eigenvalue weighted by atomic mass is 9.86. The zero-order valence-corrected chi connectivity index (χ0v) is 7.64. The Labute approximate surface area is 76.4 Å². The molecular formula is C8H14FN3O. The van der Waals surface area contributed by atoms with Gasteiger partial charge in [0, 0.05) is 32.0 Å². The number of nitrogens with zero attached hydrogens (tertiary/aromatic N) is 1. The Hall–Kier alpha value is -0.680. The van der Waals surface area contributed by atoms with Gasteiger partial charge in [-0.05, 0) is 7.05 Å². The molecule has 2 aliphatic heterocycles. The van der Waals surface area contributed by atoms with E-state index in [4.69, 9.17) is 0 Å². The van der Waals surface area contributed by atoms with Crippen LogP contribution in [-0.4, -0.2) is 43.3 Å². The summed E-state index contributed by atoms with van der Waals surface area (Å²) in [4.78, 5) is 11.2. The minimum atomic E-state index is -1.60. The van der Waals surface area contributed by atoms with Crippen molar-refractivity contribution >= 4 is 5.91 Å². The average Bonchev–Trinajstić information content (AvgIpc) is 2.43. The fraction of sp³-hybridized carbons (Fsp3) is 0.875. The molecule has 0 spiro atoms. The zero-order valence-electron chi connectivity index (χ0n) is 7.64. The topological polar surface area (TPSA) is 44.4 Å². The smallest absolute Gasteiger partial charge is 0.258 e. The lowest BCUT2D eigenvalue weighted by Gasteiger charge is -2.36. The number of nitrogens with one attached hydrogen (secondary N) is 2. The molecule has 0 aromatic rings. The number of hydrogen-bond acceptors (Lipinski definition) is 3. The second kappa shape index (κ2) is 2.92. The number of amides is 1. The molecule has 0 saturated carbocycles. The molecule has 2 saturated heterocycles. The molecule has 0 unspecified atom stereocenters. The zero-order chi connectivity index (χ0) is 9.47. The van der Waals surface area contributed by atoms with Gasteiger partial charge in [-0.2, -0.15) is 0 Å². The van der Waals surface area contributed by atoms with E-state index < -0.39 is 11.6 Å². The quantitative estimate of drug-likeness (QED) is 0.569. The van der Waals surface area contributed by atoms with Crippen molar-refractivity contribution in [3.63, 3.8) is 0 Å². The van der Waals surface area contributed by atoms with Crippen molar-refractivity contribution in [2.24, 2.45) is 5.92 Å². The van der Waals surface area contributed by atoms with Crippen molar-refractivity contribution in [2.45, 2.75) is 12.1 Å². The van der Waals surface area contributed by atoms with Crippen LogP contribution in [0.25, 0.3) is 0 Å². The highest BCUT2D eigenvalue weighted by Gasteiger charge is 2.53. The van der Waals surface area contributed by atoms with Crippen molar-refractivity contribution in [1.82, 2.24) is 15.8 Å². The number of hydrogen-bond donors (Lipinski definition) is 2. The number of carbonyl (C=O) groups excluding carboxylic acids is 1. The Balaban J connectivity index is 2.12. The van der Waals surface area contributed by atoms with E-state index in [1.165, 1.54) is 0 Å². The van der Waals surface area contributed by atoms with Crippen LogP contribution in [0.4, 0.5) is 4.39 Å². The van der Waals surface area contributed by atoms with Crippen LogP contribution in [0.15, 0.2) is 0 Å². The normalized spacial score (nSPS) is 40.2. The number of piperidine rings is 1. The van der Waals surface area contributed by atoms with Crippen LogP contribution in [-0.2, 0) is 4.79 Å². The second-order valence-corrected chi connectivity index (χ2v) is 3.69. The lowest BCUT2D eigenvalue weighted by Crippen LogP contribution is -2.53. The van der Waals surface area contributed by atoms with Gasteiger partial charge in [-0.1, -0.05) is 0 Å². The van der Waals surface area contributed by atoms with Gasteiger partial charge in [0.2, 0.25) is 0 Å². The summed E-state index contributed by atoms with van der Waals surface area (Å²) in [6.45, 7) is 1.66. The monoisotopic (exact) mass is 187 g/mol. The fourth-order valence-electron chi connectivity index (χ4n) is 2.09. The maximum Gasteiger partial charge on any atom is 0.258 e. The van der Waals surface area contributed by atoms with Crippen molar-refractivity contribution in [2.75, 3.05) is 26.7 Å². The third-order valence-electron chi connectivity index (χ3n) is 3.04. The molecule has 2 fully saturated rings. The van der Waals surface area contributed by atoms with Gasteiger partial charge in [-0.25, -0.2) is 9.40 Å². The van der Waals surface area contributed by atoms with Crippen molar-refractivity contribution in [3.05, 3.63) is 0 Å². The van der Waals surface area contributed by atoms with Gasteiger partial charge in [0.25, 0.3) is 5.91 Å². The Kier molecular flexibility index (Phi) is 2.00. The maximum absolute atomic E-state index is 14.0. The fourth-order valence-corrected chi connectivity index (χ4v) is 2.09. The predicted molar refractivity (Wildman–Crippen MR) is 45.6 cm³/mol. The summed E-state index contributed by atoms with van der Waals surface area (Å²) in [7, 11) is 1.81. The Morgan fingerprint density at radius 2 is 2.54 bits per heavy atom. The Bertz CT molecular complexity index is 235. The minimum Gasteiger partial charge on any atom is -0.353 e. The highest BCUT2D eigenvalue weighted by atomic mass is 19.1. The highest BCUT2D eigenvalue weighted by Crippen LogP contribution is 2.34. The van der Waals surface area contributed by atoms with Gasteiger partial charge >= 0.3 is 0 Å². The molecule has 2 heterocycles.